The van der Waals surface area contributed by atoms with E-state index >= 15 is 0 Å². The lowest BCUT2D eigenvalue weighted by atomic mass is 9.98. The van der Waals surface area contributed by atoms with Crippen molar-refractivity contribution < 1.29 is 4.42 Å². The van der Waals surface area contributed by atoms with E-state index in [1.807, 2.05) is 0 Å². The number of oxazole rings is 1. The van der Waals surface area contributed by atoms with E-state index in [-0.39, 0.29) is 0 Å². The maximum absolute atomic E-state index is 5.60. The van der Waals surface area contributed by atoms with Gasteiger partial charge in [-0.25, -0.2) is 4.98 Å². The molecule has 96 valence electrons. The van der Waals surface area contributed by atoms with E-state index in [1.165, 1.54) is 25.8 Å². The minimum atomic E-state index is 0.436. The van der Waals surface area contributed by atoms with Gasteiger partial charge in [-0.05, 0) is 33.2 Å². The normalized spacial score (nSPS) is 22.2. The number of rotatable bonds is 4. The van der Waals surface area contributed by atoms with Crippen molar-refractivity contribution in [2.24, 2.45) is 5.73 Å². The van der Waals surface area contributed by atoms with Crippen molar-refractivity contribution in [2.45, 2.75) is 58.2 Å². The van der Waals surface area contributed by atoms with Crippen molar-refractivity contribution in [3.05, 3.63) is 17.8 Å². The molecule has 1 aromatic rings. The molecule has 1 saturated heterocycles. The van der Waals surface area contributed by atoms with Gasteiger partial charge in [-0.2, -0.15) is 0 Å². The standard InChI is InChI=1S/C13H23N3O/c1-10(2)16-6-4-3-5-11(16)7-13-15-9-12(8-14)17-13/h9-11H,3-8,14H2,1-2H3. The van der Waals surface area contributed by atoms with Crippen LogP contribution in [-0.2, 0) is 13.0 Å². The highest BCUT2D eigenvalue weighted by atomic mass is 16.4. The average molecular weight is 237 g/mol. The number of nitrogens with zero attached hydrogens (tertiary/aromatic N) is 2. The fourth-order valence-electron chi connectivity index (χ4n) is 2.66. The molecule has 2 rings (SSSR count). The largest absolute Gasteiger partial charge is 0.444 e. The quantitative estimate of drug-likeness (QED) is 0.869. The maximum Gasteiger partial charge on any atom is 0.195 e. The summed E-state index contributed by atoms with van der Waals surface area (Å²) in [7, 11) is 0. The van der Waals surface area contributed by atoms with E-state index in [0.717, 1.165) is 18.1 Å². The third-order valence-electron chi connectivity index (χ3n) is 3.55. The van der Waals surface area contributed by atoms with Gasteiger partial charge < -0.3 is 10.2 Å². The summed E-state index contributed by atoms with van der Waals surface area (Å²) < 4.78 is 5.60. The van der Waals surface area contributed by atoms with Crippen LogP contribution in [0.2, 0.25) is 0 Å². The van der Waals surface area contributed by atoms with Gasteiger partial charge in [-0.1, -0.05) is 6.42 Å². The summed E-state index contributed by atoms with van der Waals surface area (Å²) in [6.07, 6.45) is 6.54. The summed E-state index contributed by atoms with van der Waals surface area (Å²) in [5, 5.41) is 0. The Morgan fingerprint density at radius 2 is 2.35 bits per heavy atom. The van der Waals surface area contributed by atoms with E-state index < -0.39 is 0 Å². The van der Waals surface area contributed by atoms with Crippen LogP contribution in [0.25, 0.3) is 0 Å². The molecule has 0 saturated carbocycles. The number of aromatic nitrogens is 1. The Morgan fingerprint density at radius 3 is 3.00 bits per heavy atom. The van der Waals surface area contributed by atoms with Crippen LogP contribution in [0.15, 0.2) is 10.6 Å². The Labute approximate surface area is 103 Å². The highest BCUT2D eigenvalue weighted by Crippen LogP contribution is 2.22. The van der Waals surface area contributed by atoms with Gasteiger partial charge in [-0.15, -0.1) is 0 Å². The molecule has 2 heterocycles. The molecule has 17 heavy (non-hydrogen) atoms. The Morgan fingerprint density at radius 1 is 1.53 bits per heavy atom. The van der Waals surface area contributed by atoms with Gasteiger partial charge in [0.25, 0.3) is 0 Å². The Balaban J connectivity index is 2.00. The second-order valence-corrected chi connectivity index (χ2v) is 5.11. The van der Waals surface area contributed by atoms with E-state index in [2.05, 4.69) is 23.7 Å². The molecule has 0 radical (unpaired) electrons. The zero-order chi connectivity index (χ0) is 12.3. The predicted molar refractivity (Wildman–Crippen MR) is 67.6 cm³/mol. The first kappa shape index (κ1) is 12.6. The predicted octanol–water partition coefficient (Wildman–Crippen LogP) is 1.94. The number of likely N-dealkylation sites (tertiary alicyclic amines) is 1. The van der Waals surface area contributed by atoms with Crippen molar-refractivity contribution in [3.8, 4) is 0 Å². The van der Waals surface area contributed by atoms with Crippen LogP contribution in [0, 0.1) is 0 Å². The maximum atomic E-state index is 5.60. The lowest BCUT2D eigenvalue weighted by molar-refractivity contribution is 0.106. The average Bonchev–Trinajstić information content (AvgIpc) is 2.77. The lowest BCUT2D eigenvalue weighted by Crippen LogP contribution is -2.45. The summed E-state index contributed by atoms with van der Waals surface area (Å²) in [6, 6.07) is 1.18. The third kappa shape index (κ3) is 3.07. The third-order valence-corrected chi connectivity index (χ3v) is 3.55. The van der Waals surface area contributed by atoms with Crippen LogP contribution in [0.1, 0.15) is 44.8 Å². The zero-order valence-corrected chi connectivity index (χ0v) is 10.9. The zero-order valence-electron chi connectivity index (χ0n) is 10.9. The summed E-state index contributed by atoms with van der Waals surface area (Å²) >= 11 is 0. The summed E-state index contributed by atoms with van der Waals surface area (Å²) in [5.74, 6) is 1.62. The van der Waals surface area contributed by atoms with Gasteiger partial charge in [0.2, 0.25) is 0 Å². The molecular weight excluding hydrogens is 214 g/mol. The van der Waals surface area contributed by atoms with E-state index in [1.54, 1.807) is 6.20 Å². The monoisotopic (exact) mass is 237 g/mol. The van der Waals surface area contributed by atoms with Gasteiger partial charge in [0, 0.05) is 18.5 Å². The molecule has 0 aromatic carbocycles. The topological polar surface area (TPSA) is 55.3 Å². The van der Waals surface area contributed by atoms with Gasteiger partial charge in [0.15, 0.2) is 5.89 Å². The first-order valence-corrected chi connectivity index (χ1v) is 6.60. The van der Waals surface area contributed by atoms with E-state index in [0.29, 0.717) is 18.6 Å². The minimum absolute atomic E-state index is 0.436. The molecular formula is C13H23N3O. The molecule has 2 N–H and O–H groups in total. The fourth-order valence-corrected chi connectivity index (χ4v) is 2.66. The molecule has 1 aliphatic rings. The molecule has 1 aromatic heterocycles. The number of piperidine rings is 1. The fraction of sp³-hybridized carbons (Fsp3) is 0.769. The highest BCUT2D eigenvalue weighted by molar-refractivity contribution is 4.96. The van der Waals surface area contributed by atoms with Crippen LogP contribution < -0.4 is 5.73 Å². The van der Waals surface area contributed by atoms with Crippen molar-refractivity contribution >= 4 is 0 Å². The van der Waals surface area contributed by atoms with E-state index in [4.69, 9.17) is 10.2 Å². The summed E-state index contributed by atoms with van der Waals surface area (Å²) in [5.41, 5.74) is 5.53. The molecule has 0 aliphatic carbocycles. The highest BCUT2D eigenvalue weighted by Gasteiger charge is 2.25. The van der Waals surface area contributed by atoms with Crippen molar-refractivity contribution in [1.82, 2.24) is 9.88 Å². The first-order chi connectivity index (χ1) is 8.20. The van der Waals surface area contributed by atoms with Gasteiger partial charge >= 0.3 is 0 Å². The van der Waals surface area contributed by atoms with Crippen molar-refractivity contribution in [2.75, 3.05) is 6.54 Å². The summed E-state index contributed by atoms with van der Waals surface area (Å²) in [4.78, 5) is 6.87. The van der Waals surface area contributed by atoms with Crippen LogP contribution in [-0.4, -0.2) is 28.5 Å². The van der Waals surface area contributed by atoms with Crippen molar-refractivity contribution in [1.29, 1.82) is 0 Å². The van der Waals surface area contributed by atoms with Crippen LogP contribution in [0.4, 0.5) is 0 Å². The molecule has 1 unspecified atom stereocenters. The molecule has 1 atom stereocenters. The molecule has 0 bridgehead atoms. The number of hydrogen-bond acceptors (Lipinski definition) is 4. The second kappa shape index (κ2) is 5.65. The number of nitrogens with two attached hydrogens (primary N) is 1. The summed E-state index contributed by atoms with van der Waals surface area (Å²) in [6.45, 7) is 6.16. The van der Waals surface area contributed by atoms with Crippen LogP contribution >= 0.6 is 0 Å². The molecule has 0 spiro atoms. The molecule has 4 heteroatoms. The minimum Gasteiger partial charge on any atom is -0.444 e. The smallest absolute Gasteiger partial charge is 0.195 e. The van der Waals surface area contributed by atoms with E-state index in [9.17, 15) is 0 Å². The van der Waals surface area contributed by atoms with Crippen LogP contribution in [0.5, 0.6) is 0 Å². The first-order valence-electron chi connectivity index (χ1n) is 6.60. The molecule has 4 nitrogen and oxygen atoms in total. The SMILES string of the molecule is CC(C)N1CCCCC1Cc1ncc(CN)o1. The lowest BCUT2D eigenvalue weighted by Gasteiger charge is -2.38. The molecule has 0 amide bonds. The number of hydrogen-bond donors (Lipinski definition) is 1. The van der Waals surface area contributed by atoms with Crippen molar-refractivity contribution in [3.63, 3.8) is 0 Å². The Hall–Kier alpha value is -0.870. The van der Waals surface area contributed by atoms with Crippen LogP contribution in [0.3, 0.4) is 0 Å². The van der Waals surface area contributed by atoms with Gasteiger partial charge in [0.1, 0.15) is 5.76 Å². The second-order valence-electron chi connectivity index (χ2n) is 5.11. The molecule has 1 aliphatic heterocycles. The Kier molecular flexibility index (Phi) is 4.18. The Bertz CT molecular complexity index is 348. The molecule has 1 fully saturated rings. The van der Waals surface area contributed by atoms with Gasteiger partial charge in [-0.3, -0.25) is 4.90 Å². The van der Waals surface area contributed by atoms with Gasteiger partial charge in [0.05, 0.1) is 12.7 Å².